The van der Waals surface area contributed by atoms with E-state index in [4.69, 9.17) is 16.3 Å². The molecule has 0 radical (unpaired) electrons. The van der Waals surface area contributed by atoms with Crippen molar-refractivity contribution in [2.45, 2.75) is 6.92 Å². The number of amides is 1. The predicted molar refractivity (Wildman–Crippen MR) is 99.6 cm³/mol. The Morgan fingerprint density at radius 3 is 2.72 bits per heavy atom. The average molecular weight is 354 g/mol. The molecule has 3 rings (SSSR count). The zero-order valence-electron chi connectivity index (χ0n) is 13.6. The molecule has 126 valence electrons. The van der Waals surface area contributed by atoms with Crippen LogP contribution in [0.4, 0.5) is 5.69 Å². The number of carbonyl (C=O) groups is 2. The summed E-state index contributed by atoms with van der Waals surface area (Å²) in [4.78, 5) is 23.6. The van der Waals surface area contributed by atoms with Crippen molar-refractivity contribution in [1.29, 1.82) is 0 Å². The van der Waals surface area contributed by atoms with Crippen molar-refractivity contribution in [1.82, 2.24) is 0 Å². The molecule has 0 aliphatic rings. The number of fused-ring (bicyclic) bond motifs is 1. The lowest BCUT2D eigenvalue weighted by molar-refractivity contribution is -0.118. The van der Waals surface area contributed by atoms with E-state index in [1.165, 1.54) is 0 Å². The van der Waals surface area contributed by atoms with Crippen molar-refractivity contribution in [3.63, 3.8) is 0 Å². The van der Waals surface area contributed by atoms with E-state index < -0.39 is 0 Å². The summed E-state index contributed by atoms with van der Waals surface area (Å²) < 4.78 is 5.56. The standard InChI is InChI=1S/C20H16ClNO3/c1-13-10-15(21)7-8-18(13)22-20(24)12-25-19-9-6-14-4-2-3-5-16(14)17(19)11-23/h2-11H,12H2,1H3,(H,22,24). The van der Waals surface area contributed by atoms with Crippen LogP contribution >= 0.6 is 11.6 Å². The molecule has 5 heteroatoms. The highest BCUT2D eigenvalue weighted by molar-refractivity contribution is 6.30. The van der Waals surface area contributed by atoms with Gasteiger partial charge in [0.05, 0.1) is 5.56 Å². The molecule has 0 aliphatic carbocycles. The SMILES string of the molecule is Cc1cc(Cl)ccc1NC(=O)COc1ccc2ccccc2c1C=O. The van der Waals surface area contributed by atoms with Crippen molar-refractivity contribution in [3.05, 3.63) is 70.7 Å². The third-order valence-corrected chi connectivity index (χ3v) is 4.10. The number of anilines is 1. The molecular formula is C20H16ClNO3. The van der Waals surface area contributed by atoms with Gasteiger partial charge in [-0.1, -0.05) is 41.9 Å². The van der Waals surface area contributed by atoms with Gasteiger partial charge in [-0.25, -0.2) is 0 Å². The van der Waals surface area contributed by atoms with Gasteiger partial charge in [0.1, 0.15) is 5.75 Å². The van der Waals surface area contributed by atoms with Gasteiger partial charge in [-0.2, -0.15) is 0 Å². The number of carbonyl (C=O) groups excluding carboxylic acids is 2. The van der Waals surface area contributed by atoms with E-state index in [1.807, 2.05) is 37.3 Å². The van der Waals surface area contributed by atoms with Gasteiger partial charge in [0, 0.05) is 10.7 Å². The summed E-state index contributed by atoms with van der Waals surface area (Å²) in [5.41, 5.74) is 1.97. The monoisotopic (exact) mass is 353 g/mol. The van der Waals surface area contributed by atoms with E-state index in [2.05, 4.69) is 5.32 Å². The van der Waals surface area contributed by atoms with Crippen molar-refractivity contribution < 1.29 is 14.3 Å². The summed E-state index contributed by atoms with van der Waals surface area (Å²) in [6.45, 7) is 1.66. The van der Waals surface area contributed by atoms with Crippen LogP contribution < -0.4 is 10.1 Å². The Balaban J connectivity index is 1.74. The summed E-state index contributed by atoms with van der Waals surface area (Å²) >= 11 is 5.91. The quantitative estimate of drug-likeness (QED) is 0.680. The molecule has 0 saturated carbocycles. The Labute approximate surface area is 150 Å². The third-order valence-electron chi connectivity index (χ3n) is 3.87. The number of halogens is 1. The van der Waals surface area contributed by atoms with Crippen LogP contribution in [0.25, 0.3) is 10.8 Å². The Hall–Kier alpha value is -2.85. The molecule has 0 aliphatic heterocycles. The normalized spacial score (nSPS) is 10.5. The summed E-state index contributed by atoms with van der Waals surface area (Å²) in [5.74, 6) is 0.0760. The highest BCUT2D eigenvalue weighted by atomic mass is 35.5. The van der Waals surface area contributed by atoms with Crippen LogP contribution in [0, 0.1) is 6.92 Å². The van der Waals surface area contributed by atoms with Crippen LogP contribution in [-0.2, 0) is 4.79 Å². The smallest absolute Gasteiger partial charge is 0.262 e. The van der Waals surface area contributed by atoms with Crippen LogP contribution in [0.15, 0.2) is 54.6 Å². The lowest BCUT2D eigenvalue weighted by atomic mass is 10.0. The first kappa shape index (κ1) is 17.0. The molecule has 25 heavy (non-hydrogen) atoms. The van der Waals surface area contributed by atoms with Gasteiger partial charge in [-0.05, 0) is 47.5 Å². The molecule has 1 amide bonds. The largest absolute Gasteiger partial charge is 0.483 e. The maximum absolute atomic E-state index is 12.1. The maximum atomic E-state index is 12.1. The van der Waals surface area contributed by atoms with Gasteiger partial charge in [0.2, 0.25) is 0 Å². The molecular weight excluding hydrogens is 338 g/mol. The van der Waals surface area contributed by atoms with E-state index in [-0.39, 0.29) is 12.5 Å². The third kappa shape index (κ3) is 3.80. The zero-order chi connectivity index (χ0) is 17.8. The Kier molecular flexibility index (Phi) is 5.00. The van der Waals surface area contributed by atoms with Crippen LogP contribution in [0.3, 0.4) is 0 Å². The molecule has 1 N–H and O–H groups in total. The second kappa shape index (κ2) is 7.36. The van der Waals surface area contributed by atoms with Gasteiger partial charge in [-0.3, -0.25) is 9.59 Å². The first-order valence-electron chi connectivity index (χ1n) is 7.74. The number of benzene rings is 3. The Morgan fingerprint density at radius 2 is 1.96 bits per heavy atom. The fraction of sp³-hybridized carbons (Fsp3) is 0.100. The Morgan fingerprint density at radius 1 is 1.16 bits per heavy atom. The second-order valence-electron chi connectivity index (χ2n) is 5.61. The van der Waals surface area contributed by atoms with E-state index in [1.54, 1.807) is 24.3 Å². The predicted octanol–water partition coefficient (Wildman–Crippen LogP) is 4.63. The van der Waals surface area contributed by atoms with E-state index in [0.29, 0.717) is 22.0 Å². The average Bonchev–Trinajstić information content (AvgIpc) is 2.61. The lowest BCUT2D eigenvalue weighted by Crippen LogP contribution is -2.21. The van der Waals surface area contributed by atoms with E-state index >= 15 is 0 Å². The number of aldehydes is 1. The van der Waals surface area contributed by atoms with Crippen molar-refractivity contribution in [2.75, 3.05) is 11.9 Å². The van der Waals surface area contributed by atoms with Crippen LogP contribution in [-0.4, -0.2) is 18.8 Å². The summed E-state index contributed by atoms with van der Waals surface area (Å²) in [5, 5.41) is 5.12. The summed E-state index contributed by atoms with van der Waals surface area (Å²) in [6, 6.07) is 16.3. The minimum atomic E-state index is -0.310. The van der Waals surface area contributed by atoms with Crippen LogP contribution in [0.1, 0.15) is 15.9 Å². The number of hydrogen-bond donors (Lipinski definition) is 1. The van der Waals surface area contributed by atoms with Crippen LogP contribution in [0.5, 0.6) is 5.75 Å². The zero-order valence-corrected chi connectivity index (χ0v) is 14.3. The Bertz CT molecular complexity index is 953. The molecule has 0 heterocycles. The van der Waals surface area contributed by atoms with Gasteiger partial charge < -0.3 is 10.1 Å². The molecule has 0 atom stereocenters. The minimum absolute atomic E-state index is 0.193. The van der Waals surface area contributed by atoms with E-state index in [9.17, 15) is 9.59 Å². The molecule has 0 fully saturated rings. The lowest BCUT2D eigenvalue weighted by Gasteiger charge is -2.12. The van der Waals surface area contributed by atoms with Crippen molar-refractivity contribution in [2.24, 2.45) is 0 Å². The number of rotatable bonds is 5. The molecule has 0 unspecified atom stereocenters. The fourth-order valence-electron chi connectivity index (χ4n) is 2.62. The fourth-order valence-corrected chi connectivity index (χ4v) is 2.85. The maximum Gasteiger partial charge on any atom is 0.262 e. The number of hydrogen-bond acceptors (Lipinski definition) is 3. The van der Waals surface area contributed by atoms with Crippen LogP contribution in [0.2, 0.25) is 5.02 Å². The van der Waals surface area contributed by atoms with E-state index in [0.717, 1.165) is 22.6 Å². The summed E-state index contributed by atoms with van der Waals surface area (Å²) in [7, 11) is 0. The topological polar surface area (TPSA) is 55.4 Å². The molecule has 0 bridgehead atoms. The van der Waals surface area contributed by atoms with Crippen molar-refractivity contribution >= 4 is 40.3 Å². The molecule has 0 saturated heterocycles. The van der Waals surface area contributed by atoms with Gasteiger partial charge in [-0.15, -0.1) is 0 Å². The molecule has 3 aromatic carbocycles. The highest BCUT2D eigenvalue weighted by Crippen LogP contribution is 2.26. The molecule has 0 aromatic heterocycles. The van der Waals surface area contributed by atoms with Gasteiger partial charge >= 0.3 is 0 Å². The molecule has 3 aromatic rings. The highest BCUT2D eigenvalue weighted by Gasteiger charge is 2.11. The summed E-state index contributed by atoms with van der Waals surface area (Å²) in [6.07, 6.45) is 0.749. The minimum Gasteiger partial charge on any atom is -0.483 e. The first-order chi connectivity index (χ1) is 12.1. The number of nitrogens with one attached hydrogen (secondary N) is 1. The molecule has 4 nitrogen and oxygen atoms in total. The van der Waals surface area contributed by atoms with Crippen molar-refractivity contribution in [3.8, 4) is 5.75 Å². The molecule has 0 spiro atoms. The second-order valence-corrected chi connectivity index (χ2v) is 6.05. The van der Waals surface area contributed by atoms with Gasteiger partial charge in [0.15, 0.2) is 12.9 Å². The van der Waals surface area contributed by atoms with Gasteiger partial charge in [0.25, 0.3) is 5.91 Å². The number of aryl methyl sites for hydroxylation is 1. The number of ether oxygens (including phenoxy) is 1. The first-order valence-corrected chi connectivity index (χ1v) is 8.12.